The van der Waals surface area contributed by atoms with Gasteiger partial charge in [0.2, 0.25) is 5.91 Å². The first kappa shape index (κ1) is 21.0. The Bertz CT molecular complexity index is 1120. The first-order valence-electron chi connectivity index (χ1n) is 10.9. The number of nitrogens with zero attached hydrogens (tertiary/aromatic N) is 3. The lowest BCUT2D eigenvalue weighted by atomic mass is 9.97. The van der Waals surface area contributed by atoms with Gasteiger partial charge in [0.1, 0.15) is 18.2 Å². The number of carbonyl (C=O) groups excluding carboxylic acids is 1. The van der Waals surface area contributed by atoms with Crippen LogP contribution in [0.3, 0.4) is 0 Å². The summed E-state index contributed by atoms with van der Waals surface area (Å²) in [6.07, 6.45) is 4.68. The van der Waals surface area contributed by atoms with E-state index in [-0.39, 0.29) is 24.0 Å². The third-order valence-electron chi connectivity index (χ3n) is 5.78. The number of amides is 1. The third-order valence-corrected chi connectivity index (χ3v) is 5.78. The molecule has 1 aliphatic rings. The fourth-order valence-corrected chi connectivity index (χ4v) is 4.06. The van der Waals surface area contributed by atoms with E-state index in [1.54, 1.807) is 16.7 Å². The standard InChI is InChI=1S/C24H27FN4O2/c1-2-17-10-12-18(13-11-17)23(19-7-6-8-20(25)15-19)26-22(30)16-29-24(31)28-14-5-3-4-9-21(28)27-29/h6-8,10-13,15,23H,2-5,9,14,16H2,1H3,(H,26,30)/t23-/m0/s1. The molecule has 4 rings (SSSR count). The van der Waals surface area contributed by atoms with Gasteiger partial charge in [-0.3, -0.25) is 9.36 Å². The predicted octanol–water partition coefficient (Wildman–Crippen LogP) is 3.38. The molecule has 7 heteroatoms. The molecular formula is C24H27FN4O2. The molecule has 1 N–H and O–H groups in total. The summed E-state index contributed by atoms with van der Waals surface area (Å²) in [5.74, 6) is 0.0345. The van der Waals surface area contributed by atoms with Crippen molar-refractivity contribution in [3.8, 4) is 0 Å². The van der Waals surface area contributed by atoms with Crippen LogP contribution in [0.1, 0.15) is 54.7 Å². The van der Waals surface area contributed by atoms with Crippen molar-refractivity contribution >= 4 is 5.91 Å². The summed E-state index contributed by atoms with van der Waals surface area (Å²) in [6, 6.07) is 13.6. The normalized spacial score (nSPS) is 14.5. The molecule has 0 spiro atoms. The van der Waals surface area contributed by atoms with Crippen LogP contribution in [-0.4, -0.2) is 20.3 Å². The Morgan fingerprint density at radius 3 is 2.68 bits per heavy atom. The lowest BCUT2D eigenvalue weighted by molar-refractivity contribution is -0.122. The fraction of sp³-hybridized carbons (Fsp3) is 0.375. The molecule has 31 heavy (non-hydrogen) atoms. The molecule has 0 bridgehead atoms. The molecule has 1 amide bonds. The van der Waals surface area contributed by atoms with Crippen molar-refractivity contribution in [2.24, 2.45) is 0 Å². The van der Waals surface area contributed by atoms with Crippen LogP contribution in [0.2, 0.25) is 0 Å². The molecule has 0 unspecified atom stereocenters. The van der Waals surface area contributed by atoms with Crippen LogP contribution in [0.5, 0.6) is 0 Å². The Morgan fingerprint density at radius 1 is 1.13 bits per heavy atom. The first-order chi connectivity index (χ1) is 15.0. The first-order valence-corrected chi connectivity index (χ1v) is 10.9. The van der Waals surface area contributed by atoms with Crippen molar-refractivity contribution in [3.63, 3.8) is 0 Å². The molecular weight excluding hydrogens is 395 g/mol. The molecule has 0 radical (unpaired) electrons. The van der Waals surface area contributed by atoms with E-state index >= 15 is 0 Å². The van der Waals surface area contributed by atoms with Gasteiger partial charge < -0.3 is 5.32 Å². The van der Waals surface area contributed by atoms with Crippen LogP contribution in [0, 0.1) is 5.82 Å². The molecule has 1 aromatic heterocycles. The molecule has 6 nitrogen and oxygen atoms in total. The van der Waals surface area contributed by atoms with E-state index in [0.717, 1.165) is 43.5 Å². The summed E-state index contributed by atoms with van der Waals surface area (Å²) in [5.41, 5.74) is 2.43. The van der Waals surface area contributed by atoms with Crippen molar-refractivity contribution in [3.05, 3.63) is 87.3 Å². The van der Waals surface area contributed by atoms with Gasteiger partial charge in [0.25, 0.3) is 0 Å². The lowest BCUT2D eigenvalue weighted by Crippen LogP contribution is -2.36. The number of benzene rings is 2. The van der Waals surface area contributed by atoms with Gasteiger partial charge in [-0.05, 0) is 48.1 Å². The maximum Gasteiger partial charge on any atom is 0.346 e. The molecule has 0 saturated heterocycles. The second-order valence-corrected chi connectivity index (χ2v) is 7.97. The number of rotatable bonds is 6. The molecule has 0 saturated carbocycles. The Morgan fingerprint density at radius 2 is 1.94 bits per heavy atom. The zero-order valence-electron chi connectivity index (χ0n) is 17.7. The van der Waals surface area contributed by atoms with E-state index in [1.807, 2.05) is 24.3 Å². The number of fused-ring (bicyclic) bond motifs is 1. The quantitative estimate of drug-likeness (QED) is 0.662. The van der Waals surface area contributed by atoms with Crippen LogP contribution < -0.4 is 11.0 Å². The molecule has 162 valence electrons. The van der Waals surface area contributed by atoms with Gasteiger partial charge in [-0.2, -0.15) is 5.10 Å². The van der Waals surface area contributed by atoms with Crippen LogP contribution in [0.15, 0.2) is 53.3 Å². The maximum absolute atomic E-state index is 13.9. The minimum Gasteiger partial charge on any atom is -0.344 e. The van der Waals surface area contributed by atoms with Crippen molar-refractivity contribution < 1.29 is 9.18 Å². The summed E-state index contributed by atoms with van der Waals surface area (Å²) >= 11 is 0. The second kappa shape index (κ2) is 9.29. The predicted molar refractivity (Wildman–Crippen MR) is 116 cm³/mol. The SMILES string of the molecule is CCc1ccc([C@H](NC(=O)Cn2nc3n(c2=O)CCCCC3)c2cccc(F)c2)cc1. The lowest BCUT2D eigenvalue weighted by Gasteiger charge is -2.20. The number of hydrogen-bond acceptors (Lipinski definition) is 3. The van der Waals surface area contributed by atoms with E-state index in [2.05, 4.69) is 17.3 Å². The number of aryl methyl sites for hydroxylation is 2. The topological polar surface area (TPSA) is 68.9 Å². The summed E-state index contributed by atoms with van der Waals surface area (Å²) in [4.78, 5) is 25.6. The van der Waals surface area contributed by atoms with Crippen molar-refractivity contribution in [1.29, 1.82) is 0 Å². The number of halogens is 1. The van der Waals surface area contributed by atoms with Gasteiger partial charge in [-0.1, -0.05) is 49.7 Å². The highest BCUT2D eigenvalue weighted by Gasteiger charge is 2.21. The average molecular weight is 423 g/mol. The summed E-state index contributed by atoms with van der Waals surface area (Å²) in [5, 5.41) is 7.35. The summed E-state index contributed by atoms with van der Waals surface area (Å²) < 4.78 is 16.8. The number of carbonyl (C=O) groups is 1. The number of hydrogen-bond donors (Lipinski definition) is 1. The number of aromatic nitrogens is 3. The Balaban J connectivity index is 1.58. The van der Waals surface area contributed by atoms with Gasteiger partial charge in [0.05, 0.1) is 6.04 Å². The van der Waals surface area contributed by atoms with Gasteiger partial charge in [-0.25, -0.2) is 13.9 Å². The van der Waals surface area contributed by atoms with E-state index in [4.69, 9.17) is 0 Å². The maximum atomic E-state index is 13.9. The molecule has 2 heterocycles. The van der Waals surface area contributed by atoms with E-state index in [1.165, 1.54) is 22.4 Å². The van der Waals surface area contributed by atoms with Gasteiger partial charge in [0, 0.05) is 13.0 Å². The van der Waals surface area contributed by atoms with Gasteiger partial charge in [0.15, 0.2) is 0 Å². The average Bonchev–Trinajstić information content (AvgIpc) is 2.93. The highest BCUT2D eigenvalue weighted by atomic mass is 19.1. The van der Waals surface area contributed by atoms with E-state index in [9.17, 15) is 14.0 Å². The fourth-order valence-electron chi connectivity index (χ4n) is 4.06. The molecule has 0 fully saturated rings. The van der Waals surface area contributed by atoms with Crippen LogP contribution >= 0.6 is 0 Å². The Kier molecular flexibility index (Phi) is 6.30. The molecule has 1 aliphatic heterocycles. The van der Waals surface area contributed by atoms with Crippen molar-refractivity contribution in [1.82, 2.24) is 19.7 Å². The summed E-state index contributed by atoms with van der Waals surface area (Å²) in [6.45, 7) is 2.55. The molecule has 0 aliphatic carbocycles. The molecule has 3 aromatic rings. The van der Waals surface area contributed by atoms with Crippen molar-refractivity contribution in [2.45, 2.75) is 58.2 Å². The van der Waals surface area contributed by atoms with E-state index < -0.39 is 6.04 Å². The third kappa shape index (κ3) is 4.76. The van der Waals surface area contributed by atoms with Gasteiger partial charge in [-0.15, -0.1) is 0 Å². The van der Waals surface area contributed by atoms with E-state index in [0.29, 0.717) is 12.1 Å². The Labute approximate surface area is 180 Å². The highest BCUT2D eigenvalue weighted by molar-refractivity contribution is 5.76. The highest BCUT2D eigenvalue weighted by Crippen LogP contribution is 2.23. The zero-order chi connectivity index (χ0) is 21.8. The zero-order valence-corrected chi connectivity index (χ0v) is 17.7. The monoisotopic (exact) mass is 422 g/mol. The molecule has 1 atom stereocenters. The largest absolute Gasteiger partial charge is 0.346 e. The molecule has 2 aromatic carbocycles. The van der Waals surface area contributed by atoms with Crippen LogP contribution in [-0.2, 0) is 30.7 Å². The number of nitrogens with one attached hydrogen (secondary N) is 1. The smallest absolute Gasteiger partial charge is 0.344 e. The minimum absolute atomic E-state index is 0.169. The minimum atomic E-state index is -0.523. The van der Waals surface area contributed by atoms with Gasteiger partial charge >= 0.3 is 5.69 Å². The van der Waals surface area contributed by atoms with Crippen LogP contribution in [0.25, 0.3) is 0 Å². The van der Waals surface area contributed by atoms with Crippen LogP contribution in [0.4, 0.5) is 4.39 Å². The summed E-state index contributed by atoms with van der Waals surface area (Å²) in [7, 11) is 0. The van der Waals surface area contributed by atoms with Crippen molar-refractivity contribution in [2.75, 3.05) is 0 Å². The Hall–Kier alpha value is -3.22. The second-order valence-electron chi connectivity index (χ2n) is 7.97.